The zero-order chi connectivity index (χ0) is 30.6. The van der Waals surface area contributed by atoms with Crippen LogP contribution in [0.4, 0.5) is 0 Å². The van der Waals surface area contributed by atoms with E-state index in [1.807, 2.05) is 48.5 Å². The highest BCUT2D eigenvalue weighted by Crippen LogP contribution is 2.41. The molecule has 0 aliphatic rings. The molecule has 0 spiro atoms. The Kier molecular flexibility index (Phi) is 5.81. The largest absolute Gasteiger partial charge is 0.309 e. The van der Waals surface area contributed by atoms with E-state index < -0.39 is 0 Å². The molecule has 3 heterocycles. The number of hydrogen-bond acceptors (Lipinski definition) is 3. The summed E-state index contributed by atoms with van der Waals surface area (Å²) in [6.45, 7) is 0. The minimum Gasteiger partial charge on any atom is -0.309 e. The van der Waals surface area contributed by atoms with Crippen molar-refractivity contribution >= 4 is 43.6 Å². The number of fused-ring (bicyclic) bond motifs is 7. The molecule has 3 aromatic heterocycles. The van der Waals surface area contributed by atoms with Gasteiger partial charge in [-0.2, -0.15) is 5.26 Å². The molecule has 0 bridgehead atoms. The Bertz CT molecular complexity index is 2620. The summed E-state index contributed by atoms with van der Waals surface area (Å²) in [7, 11) is 0. The van der Waals surface area contributed by atoms with Gasteiger partial charge in [-0.3, -0.25) is 4.57 Å². The first kappa shape index (κ1) is 25.9. The summed E-state index contributed by atoms with van der Waals surface area (Å²) in [4.78, 5) is 10.4. The van der Waals surface area contributed by atoms with Crippen molar-refractivity contribution < 1.29 is 0 Å². The Morgan fingerprint density at radius 3 is 1.76 bits per heavy atom. The molecule has 0 aliphatic heterocycles. The fraction of sp³-hybridized carbons (Fsp3) is 0. The third-order valence-electron chi connectivity index (χ3n) is 8.78. The van der Waals surface area contributed by atoms with Crippen LogP contribution < -0.4 is 0 Å². The van der Waals surface area contributed by atoms with Crippen molar-refractivity contribution in [3.8, 4) is 40.2 Å². The lowest BCUT2D eigenvalue weighted by atomic mass is 10.1. The van der Waals surface area contributed by atoms with Gasteiger partial charge in [-0.1, -0.05) is 103 Å². The molecule has 0 unspecified atom stereocenters. The Hall–Kier alpha value is -6.51. The van der Waals surface area contributed by atoms with Crippen LogP contribution in [0.25, 0.3) is 77.8 Å². The lowest BCUT2D eigenvalue weighted by Gasteiger charge is -2.12. The van der Waals surface area contributed by atoms with Crippen LogP contribution in [-0.4, -0.2) is 19.1 Å². The van der Waals surface area contributed by atoms with Crippen LogP contribution in [0.5, 0.6) is 0 Å². The average Bonchev–Trinajstić information content (AvgIpc) is 3.65. The molecule has 0 saturated heterocycles. The summed E-state index contributed by atoms with van der Waals surface area (Å²) in [5.41, 5.74) is 9.67. The highest BCUT2D eigenvalue weighted by atomic mass is 15.2. The number of nitriles is 1. The van der Waals surface area contributed by atoms with Gasteiger partial charge in [0.05, 0.1) is 45.1 Å². The Morgan fingerprint density at radius 2 is 1.07 bits per heavy atom. The summed E-state index contributed by atoms with van der Waals surface area (Å²) < 4.78 is 4.57. The first-order valence-electron chi connectivity index (χ1n) is 15.2. The second-order valence-electron chi connectivity index (χ2n) is 11.4. The molecular weight excluding hydrogens is 562 g/mol. The molecular formula is C41H25N5. The lowest BCUT2D eigenvalue weighted by Crippen LogP contribution is -2.04. The predicted molar refractivity (Wildman–Crippen MR) is 186 cm³/mol. The Morgan fingerprint density at radius 1 is 0.478 bits per heavy atom. The summed E-state index contributed by atoms with van der Waals surface area (Å²) in [5.74, 6) is 0.591. The highest BCUT2D eigenvalue weighted by molar-refractivity contribution is 6.26. The molecule has 9 rings (SSSR count). The van der Waals surface area contributed by atoms with Crippen molar-refractivity contribution in [3.05, 3.63) is 157 Å². The molecule has 9 aromatic rings. The quantitative estimate of drug-likeness (QED) is 0.206. The van der Waals surface area contributed by atoms with Crippen molar-refractivity contribution in [1.29, 1.82) is 5.26 Å². The smallest absolute Gasteiger partial charge is 0.235 e. The van der Waals surface area contributed by atoms with Crippen molar-refractivity contribution in [1.82, 2.24) is 19.1 Å². The van der Waals surface area contributed by atoms with Crippen molar-refractivity contribution in [2.75, 3.05) is 0 Å². The van der Waals surface area contributed by atoms with E-state index in [1.54, 1.807) is 0 Å². The van der Waals surface area contributed by atoms with Gasteiger partial charge in [0.1, 0.15) is 0 Å². The number of hydrogen-bond donors (Lipinski definition) is 0. The standard InChI is InChI=1S/C41H25N5/c42-26-27-19-21-29(22-20-27)35-25-34(28-11-3-1-4-12-28)43-41(44-35)46-37-18-10-8-16-33(37)39-38(46)24-23-32-31-15-7-9-17-36(31)45(40(32)39)30-13-5-2-6-14-30/h1-25H. The van der Waals surface area contributed by atoms with Gasteiger partial charge in [-0.05, 0) is 48.5 Å². The molecule has 0 radical (unpaired) electrons. The molecule has 0 aliphatic carbocycles. The van der Waals surface area contributed by atoms with Gasteiger partial charge in [0, 0.05) is 38.4 Å². The maximum Gasteiger partial charge on any atom is 0.235 e. The van der Waals surface area contributed by atoms with Gasteiger partial charge in [-0.15, -0.1) is 0 Å². The van der Waals surface area contributed by atoms with Crippen LogP contribution in [0.2, 0.25) is 0 Å². The molecule has 46 heavy (non-hydrogen) atoms. The number of aromatic nitrogens is 4. The molecule has 5 heteroatoms. The molecule has 0 saturated carbocycles. The second kappa shape index (κ2) is 10.3. The highest BCUT2D eigenvalue weighted by Gasteiger charge is 2.22. The van der Waals surface area contributed by atoms with E-state index in [0.29, 0.717) is 11.5 Å². The van der Waals surface area contributed by atoms with E-state index in [4.69, 9.17) is 9.97 Å². The maximum atomic E-state index is 9.40. The molecule has 0 atom stereocenters. The van der Waals surface area contributed by atoms with Crippen LogP contribution in [0.15, 0.2) is 152 Å². The third kappa shape index (κ3) is 3.94. The van der Waals surface area contributed by atoms with E-state index in [1.165, 1.54) is 16.3 Å². The molecule has 0 N–H and O–H groups in total. The second-order valence-corrected chi connectivity index (χ2v) is 11.4. The van der Waals surface area contributed by atoms with E-state index in [9.17, 15) is 5.26 Å². The first-order chi connectivity index (χ1) is 22.8. The first-order valence-corrected chi connectivity index (χ1v) is 15.2. The average molecular weight is 588 g/mol. The third-order valence-corrected chi connectivity index (χ3v) is 8.78. The number of benzene rings is 6. The van der Waals surface area contributed by atoms with Gasteiger partial charge in [-0.25, -0.2) is 9.97 Å². The predicted octanol–water partition coefficient (Wildman–Crippen LogP) is 9.88. The fourth-order valence-electron chi connectivity index (χ4n) is 6.72. The van der Waals surface area contributed by atoms with Crippen LogP contribution in [0.1, 0.15) is 5.56 Å². The summed E-state index contributed by atoms with van der Waals surface area (Å²) in [6, 6.07) is 54.2. The van der Waals surface area contributed by atoms with Crippen molar-refractivity contribution in [3.63, 3.8) is 0 Å². The van der Waals surface area contributed by atoms with Gasteiger partial charge in [0.2, 0.25) is 5.95 Å². The van der Waals surface area contributed by atoms with E-state index in [2.05, 4.69) is 118 Å². The van der Waals surface area contributed by atoms with E-state index >= 15 is 0 Å². The molecule has 0 amide bonds. The van der Waals surface area contributed by atoms with E-state index in [0.717, 1.165) is 55.5 Å². The van der Waals surface area contributed by atoms with Gasteiger partial charge >= 0.3 is 0 Å². The van der Waals surface area contributed by atoms with Crippen molar-refractivity contribution in [2.24, 2.45) is 0 Å². The topological polar surface area (TPSA) is 59.4 Å². The zero-order valence-corrected chi connectivity index (χ0v) is 24.7. The Labute approximate surface area is 264 Å². The summed E-state index contributed by atoms with van der Waals surface area (Å²) >= 11 is 0. The van der Waals surface area contributed by atoms with Gasteiger partial charge in [0.25, 0.3) is 0 Å². The van der Waals surface area contributed by atoms with Crippen LogP contribution in [0, 0.1) is 11.3 Å². The minimum absolute atomic E-state index is 0.591. The minimum atomic E-state index is 0.591. The number of rotatable bonds is 4. The summed E-state index contributed by atoms with van der Waals surface area (Å²) in [6.07, 6.45) is 0. The van der Waals surface area contributed by atoms with Crippen LogP contribution in [0.3, 0.4) is 0 Å². The maximum absolute atomic E-state index is 9.40. The number of para-hydroxylation sites is 3. The van der Waals surface area contributed by atoms with Crippen LogP contribution >= 0.6 is 0 Å². The Balaban J connectivity index is 1.41. The van der Waals surface area contributed by atoms with Gasteiger partial charge < -0.3 is 4.57 Å². The molecule has 6 aromatic carbocycles. The molecule has 214 valence electrons. The van der Waals surface area contributed by atoms with E-state index in [-0.39, 0.29) is 0 Å². The monoisotopic (exact) mass is 587 g/mol. The van der Waals surface area contributed by atoms with Gasteiger partial charge in [0.15, 0.2) is 0 Å². The fourth-order valence-corrected chi connectivity index (χ4v) is 6.72. The number of nitrogens with zero attached hydrogens (tertiary/aromatic N) is 5. The zero-order valence-electron chi connectivity index (χ0n) is 24.7. The normalized spacial score (nSPS) is 11.5. The molecule has 5 nitrogen and oxygen atoms in total. The van der Waals surface area contributed by atoms with Crippen LogP contribution in [-0.2, 0) is 0 Å². The summed E-state index contributed by atoms with van der Waals surface area (Å²) in [5, 5.41) is 14.1. The molecule has 0 fully saturated rings. The SMILES string of the molecule is N#Cc1ccc(-c2cc(-c3ccccc3)nc(-n3c4ccccc4c4c3ccc3c5ccccc5n(-c5ccccc5)c34)n2)cc1. The lowest BCUT2D eigenvalue weighted by molar-refractivity contribution is 0.996. The van der Waals surface area contributed by atoms with Crippen molar-refractivity contribution in [2.45, 2.75) is 0 Å².